The van der Waals surface area contributed by atoms with E-state index in [9.17, 15) is 9.59 Å². The van der Waals surface area contributed by atoms with Crippen molar-refractivity contribution in [3.63, 3.8) is 0 Å². The molecule has 2 aromatic carbocycles. The maximum Gasteiger partial charge on any atom is 0.264 e. The molecule has 0 saturated carbocycles. The summed E-state index contributed by atoms with van der Waals surface area (Å²) in [6, 6.07) is 15.9. The van der Waals surface area contributed by atoms with Gasteiger partial charge in [0.25, 0.3) is 5.56 Å². The van der Waals surface area contributed by atoms with E-state index in [0.29, 0.717) is 21.6 Å². The third-order valence-electron chi connectivity index (χ3n) is 4.04. The van der Waals surface area contributed by atoms with Crippen LogP contribution in [-0.4, -0.2) is 25.1 Å². The molecule has 128 valence electrons. The van der Waals surface area contributed by atoms with E-state index in [1.807, 2.05) is 6.07 Å². The van der Waals surface area contributed by atoms with Gasteiger partial charge in [0, 0.05) is 10.6 Å². The van der Waals surface area contributed by atoms with E-state index in [-0.39, 0.29) is 17.9 Å². The maximum absolute atomic E-state index is 12.7. The largest absolute Gasteiger partial charge is 0.292 e. The number of carbonyl (C=O) groups excluding carboxylic acids is 1. The molecule has 0 unspecified atom stereocenters. The molecular formula is C19H13ClN4O2. The normalized spacial score (nSPS) is 11.0. The third-order valence-corrected chi connectivity index (χ3v) is 4.29. The predicted molar refractivity (Wildman–Crippen MR) is 98.9 cm³/mol. The van der Waals surface area contributed by atoms with Crippen molar-refractivity contribution in [2.75, 3.05) is 0 Å². The minimum Gasteiger partial charge on any atom is -0.292 e. The monoisotopic (exact) mass is 364 g/mol. The Kier molecular flexibility index (Phi) is 4.10. The van der Waals surface area contributed by atoms with E-state index in [4.69, 9.17) is 11.6 Å². The lowest BCUT2D eigenvalue weighted by Crippen LogP contribution is -2.24. The van der Waals surface area contributed by atoms with Crippen LogP contribution in [0.5, 0.6) is 0 Å². The summed E-state index contributed by atoms with van der Waals surface area (Å²) in [5, 5.41) is 5.21. The molecule has 0 saturated heterocycles. The molecule has 0 aliphatic heterocycles. The fraction of sp³-hybridized carbons (Fsp3) is 0.0526. The first kappa shape index (κ1) is 16.2. The number of aromatic nitrogens is 4. The fourth-order valence-electron chi connectivity index (χ4n) is 2.70. The van der Waals surface area contributed by atoms with Crippen LogP contribution < -0.4 is 5.56 Å². The summed E-state index contributed by atoms with van der Waals surface area (Å²) in [5.41, 5.74) is 1.42. The minimum absolute atomic E-state index is 0.0715. The number of benzene rings is 2. The van der Waals surface area contributed by atoms with Crippen LogP contribution in [0, 0.1) is 0 Å². The molecule has 26 heavy (non-hydrogen) atoms. The smallest absolute Gasteiger partial charge is 0.264 e. The van der Waals surface area contributed by atoms with E-state index in [2.05, 4.69) is 10.1 Å². The number of carbonyl (C=O) groups is 1. The molecule has 0 radical (unpaired) electrons. The van der Waals surface area contributed by atoms with Gasteiger partial charge in [-0.2, -0.15) is 5.10 Å². The summed E-state index contributed by atoms with van der Waals surface area (Å²) < 4.78 is 2.86. The van der Waals surface area contributed by atoms with Gasteiger partial charge in [-0.3, -0.25) is 14.2 Å². The molecular weight excluding hydrogens is 352 g/mol. The van der Waals surface area contributed by atoms with Gasteiger partial charge in [-0.1, -0.05) is 41.9 Å². The summed E-state index contributed by atoms with van der Waals surface area (Å²) in [6.07, 6.45) is 2.84. The minimum atomic E-state index is -0.306. The van der Waals surface area contributed by atoms with Gasteiger partial charge in [-0.05, 0) is 24.3 Å². The Labute approximate surface area is 153 Å². The number of nitrogens with zero attached hydrogens (tertiary/aromatic N) is 4. The molecule has 4 aromatic rings. The highest BCUT2D eigenvalue weighted by atomic mass is 35.5. The Hall–Kier alpha value is -3.25. The van der Waals surface area contributed by atoms with E-state index >= 15 is 0 Å². The Bertz CT molecular complexity index is 1150. The van der Waals surface area contributed by atoms with Gasteiger partial charge in [0.15, 0.2) is 11.4 Å². The van der Waals surface area contributed by atoms with Gasteiger partial charge < -0.3 is 0 Å². The molecule has 0 amide bonds. The van der Waals surface area contributed by atoms with Gasteiger partial charge in [0.2, 0.25) is 0 Å². The SMILES string of the molecule is O=C(Cn1cnc2c(cnn2-c2ccc(Cl)cc2)c1=O)c1ccccc1. The zero-order valence-electron chi connectivity index (χ0n) is 13.5. The Morgan fingerprint density at radius 3 is 2.50 bits per heavy atom. The van der Waals surface area contributed by atoms with Gasteiger partial charge in [-0.25, -0.2) is 9.67 Å². The Balaban J connectivity index is 1.71. The second-order valence-corrected chi connectivity index (χ2v) is 6.17. The zero-order chi connectivity index (χ0) is 18.1. The number of Topliss-reactive ketones (excluding diaryl/α,β-unsaturated/α-hetero) is 1. The molecule has 0 spiro atoms. The standard InChI is InChI=1S/C19H13ClN4O2/c20-14-6-8-15(9-7-14)24-18-16(10-22-24)19(26)23(12-21-18)11-17(25)13-4-2-1-3-5-13/h1-10,12H,11H2. The number of hydrogen-bond donors (Lipinski definition) is 0. The van der Waals surface area contributed by atoms with Crippen molar-refractivity contribution >= 4 is 28.4 Å². The van der Waals surface area contributed by atoms with Crippen molar-refractivity contribution < 1.29 is 4.79 Å². The van der Waals surface area contributed by atoms with Crippen molar-refractivity contribution in [1.82, 2.24) is 19.3 Å². The highest BCUT2D eigenvalue weighted by Gasteiger charge is 2.14. The topological polar surface area (TPSA) is 69.8 Å². The van der Waals surface area contributed by atoms with E-state index in [1.165, 1.54) is 17.1 Å². The van der Waals surface area contributed by atoms with Gasteiger partial charge in [-0.15, -0.1) is 0 Å². The molecule has 0 bridgehead atoms. The quantitative estimate of drug-likeness (QED) is 0.522. The number of hydrogen-bond acceptors (Lipinski definition) is 4. The van der Waals surface area contributed by atoms with E-state index in [1.54, 1.807) is 53.2 Å². The van der Waals surface area contributed by atoms with Crippen molar-refractivity contribution in [2.24, 2.45) is 0 Å². The molecule has 7 heteroatoms. The molecule has 0 aliphatic rings. The third kappa shape index (κ3) is 2.91. The Morgan fingerprint density at radius 2 is 1.77 bits per heavy atom. The predicted octanol–water partition coefficient (Wildman–Crippen LogP) is 3.12. The number of ketones is 1. The lowest BCUT2D eigenvalue weighted by atomic mass is 10.1. The molecule has 2 aromatic heterocycles. The van der Waals surface area contributed by atoms with Crippen LogP contribution >= 0.6 is 11.6 Å². The van der Waals surface area contributed by atoms with Crippen LogP contribution in [0.15, 0.2) is 71.9 Å². The molecule has 4 rings (SSSR count). The fourth-order valence-corrected chi connectivity index (χ4v) is 2.83. The highest BCUT2D eigenvalue weighted by molar-refractivity contribution is 6.30. The van der Waals surface area contributed by atoms with Crippen LogP contribution in [0.25, 0.3) is 16.7 Å². The van der Waals surface area contributed by atoms with Crippen LogP contribution in [0.1, 0.15) is 10.4 Å². The average molecular weight is 365 g/mol. The van der Waals surface area contributed by atoms with E-state index in [0.717, 1.165) is 5.69 Å². The molecule has 0 N–H and O–H groups in total. The van der Waals surface area contributed by atoms with Gasteiger partial charge in [0.05, 0.1) is 18.4 Å². The maximum atomic E-state index is 12.7. The Morgan fingerprint density at radius 1 is 1.04 bits per heavy atom. The molecule has 6 nitrogen and oxygen atoms in total. The highest BCUT2D eigenvalue weighted by Crippen LogP contribution is 2.16. The summed E-state index contributed by atoms with van der Waals surface area (Å²) >= 11 is 5.91. The van der Waals surface area contributed by atoms with Gasteiger partial charge in [0.1, 0.15) is 11.7 Å². The van der Waals surface area contributed by atoms with Crippen LogP contribution in [0.3, 0.4) is 0 Å². The average Bonchev–Trinajstić information content (AvgIpc) is 3.10. The summed E-state index contributed by atoms with van der Waals surface area (Å²) in [7, 11) is 0. The lowest BCUT2D eigenvalue weighted by molar-refractivity contribution is 0.0970. The van der Waals surface area contributed by atoms with Gasteiger partial charge >= 0.3 is 0 Å². The zero-order valence-corrected chi connectivity index (χ0v) is 14.3. The number of rotatable bonds is 4. The van der Waals surface area contributed by atoms with Crippen molar-refractivity contribution in [3.05, 3.63) is 88.1 Å². The van der Waals surface area contributed by atoms with Crippen LogP contribution in [0.2, 0.25) is 5.02 Å². The van der Waals surface area contributed by atoms with Crippen molar-refractivity contribution in [1.29, 1.82) is 0 Å². The number of halogens is 1. The van der Waals surface area contributed by atoms with Crippen LogP contribution in [0.4, 0.5) is 0 Å². The molecule has 0 fully saturated rings. The lowest BCUT2D eigenvalue weighted by Gasteiger charge is -2.06. The van der Waals surface area contributed by atoms with Crippen molar-refractivity contribution in [3.8, 4) is 5.69 Å². The first-order chi connectivity index (χ1) is 12.6. The summed E-state index contributed by atoms with van der Waals surface area (Å²) in [5.74, 6) is -0.154. The number of fused-ring (bicyclic) bond motifs is 1. The second kappa shape index (κ2) is 6.57. The molecule has 2 heterocycles. The molecule has 0 atom stereocenters. The first-order valence-electron chi connectivity index (χ1n) is 7.91. The summed E-state index contributed by atoms with van der Waals surface area (Å²) in [4.78, 5) is 29.4. The van der Waals surface area contributed by atoms with Crippen LogP contribution in [-0.2, 0) is 6.54 Å². The van der Waals surface area contributed by atoms with E-state index < -0.39 is 0 Å². The second-order valence-electron chi connectivity index (χ2n) is 5.74. The summed E-state index contributed by atoms with van der Waals surface area (Å²) in [6.45, 7) is -0.0715. The molecule has 0 aliphatic carbocycles. The first-order valence-corrected chi connectivity index (χ1v) is 8.28. The van der Waals surface area contributed by atoms with Crippen molar-refractivity contribution in [2.45, 2.75) is 6.54 Å².